The van der Waals surface area contributed by atoms with Gasteiger partial charge in [-0.2, -0.15) is 5.10 Å². The van der Waals surface area contributed by atoms with Crippen LogP contribution in [0.25, 0.3) is 0 Å². The number of piperidine rings is 1. The van der Waals surface area contributed by atoms with Gasteiger partial charge in [0, 0.05) is 28.7 Å². The van der Waals surface area contributed by atoms with Crippen molar-refractivity contribution in [2.24, 2.45) is 5.10 Å². The number of rotatable bonds is 3. The van der Waals surface area contributed by atoms with Crippen LogP contribution < -0.4 is 0 Å². The van der Waals surface area contributed by atoms with Gasteiger partial charge in [0.2, 0.25) is 5.75 Å². The Morgan fingerprint density at radius 1 is 1.43 bits per heavy atom. The first-order valence-electron chi connectivity index (χ1n) is 6.89. The number of halogens is 1. The Balaban J connectivity index is 2.30. The summed E-state index contributed by atoms with van der Waals surface area (Å²) < 4.78 is 0. The minimum atomic E-state index is -0.662. The van der Waals surface area contributed by atoms with Crippen molar-refractivity contribution < 1.29 is 10.0 Å². The average molecular weight is 312 g/mol. The number of nitro benzene ring substituents is 1. The van der Waals surface area contributed by atoms with Gasteiger partial charge >= 0.3 is 5.69 Å². The minimum absolute atomic E-state index is 0.195. The zero-order chi connectivity index (χ0) is 15.6. The molecule has 1 aromatic carbocycles. The monoisotopic (exact) mass is 311 g/mol. The topological polar surface area (TPSA) is 79.0 Å². The standard InChI is InChI=1S/C14H18ClN3O3/c1-9-4-3-5-10(2)17(9)16-8-11-6-12(15)7-13(14(11)19)18(20)21/h6-10,19H,3-5H2,1-2H3/b16-8-/t9-,10-/m0/s1. The summed E-state index contributed by atoms with van der Waals surface area (Å²) >= 11 is 5.85. The predicted octanol–water partition coefficient (Wildman–Crippen LogP) is 3.55. The summed E-state index contributed by atoms with van der Waals surface area (Å²) in [5.41, 5.74) is -0.164. The fraction of sp³-hybridized carbons (Fsp3) is 0.500. The van der Waals surface area contributed by atoms with Crippen LogP contribution in [0.1, 0.15) is 38.7 Å². The van der Waals surface area contributed by atoms with Crippen molar-refractivity contribution in [2.75, 3.05) is 0 Å². The number of phenolic OH excluding ortho intramolecular Hbond substituents is 1. The van der Waals surface area contributed by atoms with E-state index in [1.807, 2.05) is 5.01 Å². The molecule has 1 fully saturated rings. The Morgan fingerprint density at radius 2 is 2.05 bits per heavy atom. The first-order valence-corrected chi connectivity index (χ1v) is 7.27. The highest BCUT2D eigenvalue weighted by Crippen LogP contribution is 2.32. The Labute approximate surface area is 128 Å². The Bertz CT molecular complexity index is 567. The van der Waals surface area contributed by atoms with Gasteiger partial charge in [0.25, 0.3) is 0 Å². The first kappa shape index (κ1) is 15.6. The molecule has 0 unspecified atom stereocenters. The van der Waals surface area contributed by atoms with Gasteiger partial charge in [-0.25, -0.2) is 0 Å². The normalized spacial score (nSPS) is 22.7. The van der Waals surface area contributed by atoms with Crippen molar-refractivity contribution in [1.82, 2.24) is 5.01 Å². The molecule has 1 aliphatic heterocycles. The van der Waals surface area contributed by atoms with E-state index in [0.717, 1.165) is 18.9 Å². The van der Waals surface area contributed by atoms with Crippen LogP contribution in [0, 0.1) is 10.1 Å². The number of hydrogen-bond donors (Lipinski definition) is 1. The fourth-order valence-corrected chi connectivity index (χ4v) is 2.83. The molecule has 2 atom stereocenters. The molecule has 0 saturated carbocycles. The van der Waals surface area contributed by atoms with Crippen LogP contribution in [0.3, 0.4) is 0 Å². The number of phenols is 1. The van der Waals surface area contributed by atoms with Crippen LogP contribution in [0.2, 0.25) is 5.02 Å². The number of nitro groups is 1. The summed E-state index contributed by atoms with van der Waals surface area (Å²) in [4.78, 5) is 10.2. The molecule has 21 heavy (non-hydrogen) atoms. The number of aromatic hydroxyl groups is 1. The Hall–Kier alpha value is -1.82. The summed E-state index contributed by atoms with van der Waals surface area (Å²) in [6.07, 6.45) is 4.72. The highest BCUT2D eigenvalue weighted by Gasteiger charge is 2.23. The molecule has 1 N–H and O–H groups in total. The molecule has 0 radical (unpaired) electrons. The smallest absolute Gasteiger partial charge is 0.312 e. The zero-order valence-electron chi connectivity index (χ0n) is 12.0. The number of hydrogen-bond acceptors (Lipinski definition) is 5. The molecule has 0 aliphatic carbocycles. The Morgan fingerprint density at radius 3 is 2.62 bits per heavy atom. The molecule has 0 amide bonds. The molecule has 6 nitrogen and oxygen atoms in total. The summed E-state index contributed by atoms with van der Waals surface area (Å²) in [6.45, 7) is 4.18. The molecule has 7 heteroatoms. The van der Waals surface area contributed by atoms with Gasteiger partial charge in [0.05, 0.1) is 11.1 Å². The van der Waals surface area contributed by atoms with E-state index in [0.29, 0.717) is 12.1 Å². The maximum Gasteiger partial charge on any atom is 0.312 e. The van der Waals surface area contributed by atoms with Crippen molar-refractivity contribution >= 4 is 23.5 Å². The van der Waals surface area contributed by atoms with E-state index in [4.69, 9.17) is 11.6 Å². The number of benzene rings is 1. The van der Waals surface area contributed by atoms with E-state index < -0.39 is 16.4 Å². The SMILES string of the molecule is C[C@H]1CCC[C@H](C)N1/N=C\c1cc(Cl)cc([N+](=O)[O-])c1O. The molecule has 114 valence electrons. The average Bonchev–Trinajstić information content (AvgIpc) is 2.41. The summed E-state index contributed by atoms with van der Waals surface area (Å²) in [7, 11) is 0. The highest BCUT2D eigenvalue weighted by molar-refractivity contribution is 6.31. The van der Waals surface area contributed by atoms with E-state index >= 15 is 0 Å². The summed E-state index contributed by atoms with van der Waals surface area (Å²) in [5, 5.41) is 27.4. The molecule has 1 heterocycles. The quantitative estimate of drug-likeness (QED) is 0.526. The molecule has 1 aromatic rings. The van der Waals surface area contributed by atoms with Crippen LogP contribution >= 0.6 is 11.6 Å². The first-order chi connectivity index (χ1) is 9.90. The molecule has 1 saturated heterocycles. The molecule has 2 rings (SSSR count). The van der Waals surface area contributed by atoms with Gasteiger partial charge in [0.15, 0.2) is 0 Å². The third-order valence-corrected chi connectivity index (χ3v) is 3.98. The third kappa shape index (κ3) is 3.44. The van der Waals surface area contributed by atoms with Gasteiger partial charge < -0.3 is 5.11 Å². The lowest BCUT2D eigenvalue weighted by Crippen LogP contribution is -2.39. The maximum absolute atomic E-state index is 10.9. The zero-order valence-corrected chi connectivity index (χ0v) is 12.7. The Kier molecular flexibility index (Phi) is 4.67. The van der Waals surface area contributed by atoms with Crippen LogP contribution in [-0.4, -0.2) is 33.3 Å². The molecule has 0 spiro atoms. The summed E-state index contributed by atoms with van der Waals surface area (Å²) in [5.74, 6) is -0.412. The molecule has 0 bridgehead atoms. The second-order valence-electron chi connectivity index (χ2n) is 5.37. The van der Waals surface area contributed by atoms with Gasteiger partial charge in [-0.1, -0.05) is 11.6 Å². The minimum Gasteiger partial charge on any atom is -0.502 e. The lowest BCUT2D eigenvalue weighted by molar-refractivity contribution is -0.385. The molecule has 0 aromatic heterocycles. The van der Waals surface area contributed by atoms with Crippen molar-refractivity contribution in [3.63, 3.8) is 0 Å². The van der Waals surface area contributed by atoms with E-state index in [-0.39, 0.29) is 10.6 Å². The van der Waals surface area contributed by atoms with Gasteiger partial charge in [-0.05, 0) is 39.2 Å². The van der Waals surface area contributed by atoms with Crippen molar-refractivity contribution in [3.05, 3.63) is 32.8 Å². The van der Waals surface area contributed by atoms with Crippen LogP contribution in [0.5, 0.6) is 5.75 Å². The van der Waals surface area contributed by atoms with E-state index in [9.17, 15) is 15.2 Å². The van der Waals surface area contributed by atoms with Gasteiger partial charge in [-0.3, -0.25) is 15.1 Å². The van der Waals surface area contributed by atoms with Crippen LogP contribution in [-0.2, 0) is 0 Å². The number of hydrazone groups is 1. The van der Waals surface area contributed by atoms with E-state index in [1.165, 1.54) is 18.7 Å². The molecule has 1 aliphatic rings. The predicted molar refractivity (Wildman–Crippen MR) is 82.0 cm³/mol. The summed E-state index contributed by atoms with van der Waals surface area (Å²) in [6, 6.07) is 3.20. The second-order valence-corrected chi connectivity index (χ2v) is 5.81. The van der Waals surface area contributed by atoms with E-state index in [1.54, 1.807) is 0 Å². The molecular formula is C14H18ClN3O3. The van der Waals surface area contributed by atoms with Gasteiger partial charge in [0.1, 0.15) is 0 Å². The highest BCUT2D eigenvalue weighted by atomic mass is 35.5. The van der Waals surface area contributed by atoms with Crippen LogP contribution in [0.15, 0.2) is 17.2 Å². The lowest BCUT2D eigenvalue weighted by Gasteiger charge is -2.36. The van der Waals surface area contributed by atoms with Crippen molar-refractivity contribution in [2.45, 2.75) is 45.2 Å². The van der Waals surface area contributed by atoms with Crippen LogP contribution in [0.4, 0.5) is 5.69 Å². The largest absolute Gasteiger partial charge is 0.502 e. The maximum atomic E-state index is 10.9. The number of nitrogens with zero attached hydrogens (tertiary/aromatic N) is 3. The van der Waals surface area contributed by atoms with E-state index in [2.05, 4.69) is 18.9 Å². The third-order valence-electron chi connectivity index (χ3n) is 3.76. The fourth-order valence-electron chi connectivity index (χ4n) is 2.61. The van der Waals surface area contributed by atoms with Crippen molar-refractivity contribution in [3.8, 4) is 5.75 Å². The van der Waals surface area contributed by atoms with Crippen molar-refractivity contribution in [1.29, 1.82) is 0 Å². The lowest BCUT2D eigenvalue weighted by atomic mass is 10.00. The van der Waals surface area contributed by atoms with Gasteiger partial charge in [-0.15, -0.1) is 0 Å². The molecular weight excluding hydrogens is 294 g/mol. The second kappa shape index (κ2) is 6.30.